The van der Waals surface area contributed by atoms with Crippen molar-refractivity contribution in [2.75, 3.05) is 6.61 Å². The highest BCUT2D eigenvalue weighted by Crippen LogP contribution is 2.18. The second-order valence-corrected chi connectivity index (χ2v) is 4.18. The maximum Gasteiger partial charge on any atom is 0.341 e. The average molecular weight is 236 g/mol. The number of aromatic hydroxyl groups is 1. The van der Waals surface area contributed by atoms with E-state index >= 15 is 0 Å². The number of carbonyl (C=O) groups is 1. The van der Waals surface area contributed by atoms with Gasteiger partial charge in [0, 0.05) is 0 Å². The number of phenolic OH excluding ortho intramolecular Hbond substituents is 1. The molecule has 0 fully saturated rings. The molecule has 0 aromatic heterocycles. The normalized spacial score (nSPS) is 12.1. The summed E-state index contributed by atoms with van der Waals surface area (Å²) >= 11 is 0. The molecule has 1 aromatic rings. The van der Waals surface area contributed by atoms with Gasteiger partial charge in [-0.3, -0.25) is 0 Å². The monoisotopic (exact) mass is 236 g/mol. The van der Waals surface area contributed by atoms with Crippen LogP contribution in [0.15, 0.2) is 24.3 Å². The third-order valence-corrected chi connectivity index (χ3v) is 2.85. The van der Waals surface area contributed by atoms with Gasteiger partial charge in [0.15, 0.2) is 0 Å². The number of benzene rings is 1. The lowest BCUT2D eigenvalue weighted by Gasteiger charge is -2.14. The summed E-state index contributed by atoms with van der Waals surface area (Å²) in [5, 5.41) is 9.51. The van der Waals surface area contributed by atoms with Crippen LogP contribution in [-0.4, -0.2) is 17.7 Å². The molecule has 0 saturated carbocycles. The SMILES string of the molecule is CCCC(CC)COC(=O)c1ccccc1O. The number of esters is 1. The predicted octanol–water partition coefficient (Wildman–Crippen LogP) is 3.38. The molecule has 3 heteroatoms. The summed E-state index contributed by atoms with van der Waals surface area (Å²) in [5.74, 6) is -0.0616. The van der Waals surface area contributed by atoms with E-state index in [-0.39, 0.29) is 11.3 Å². The van der Waals surface area contributed by atoms with Gasteiger partial charge in [-0.05, 0) is 24.5 Å². The molecule has 94 valence electrons. The molecular formula is C14H20O3. The molecule has 1 atom stereocenters. The minimum atomic E-state index is -0.447. The fourth-order valence-corrected chi connectivity index (χ4v) is 1.73. The highest BCUT2D eigenvalue weighted by atomic mass is 16.5. The molecule has 0 aliphatic carbocycles. The van der Waals surface area contributed by atoms with Gasteiger partial charge in [-0.15, -0.1) is 0 Å². The smallest absolute Gasteiger partial charge is 0.341 e. The van der Waals surface area contributed by atoms with Gasteiger partial charge < -0.3 is 9.84 Å². The Kier molecular flexibility index (Phi) is 5.53. The first-order chi connectivity index (χ1) is 8.19. The van der Waals surface area contributed by atoms with E-state index < -0.39 is 5.97 Å². The van der Waals surface area contributed by atoms with Crippen molar-refractivity contribution in [2.24, 2.45) is 5.92 Å². The van der Waals surface area contributed by atoms with Gasteiger partial charge in [0.1, 0.15) is 11.3 Å². The quantitative estimate of drug-likeness (QED) is 0.770. The van der Waals surface area contributed by atoms with Crippen LogP contribution in [0.5, 0.6) is 5.75 Å². The van der Waals surface area contributed by atoms with Crippen molar-refractivity contribution in [3.63, 3.8) is 0 Å². The number of carbonyl (C=O) groups excluding carboxylic acids is 1. The summed E-state index contributed by atoms with van der Waals surface area (Å²) < 4.78 is 5.22. The van der Waals surface area contributed by atoms with E-state index in [4.69, 9.17) is 4.74 Å². The molecule has 0 spiro atoms. The molecule has 0 saturated heterocycles. The molecule has 1 aromatic carbocycles. The molecule has 1 N–H and O–H groups in total. The topological polar surface area (TPSA) is 46.5 Å². The van der Waals surface area contributed by atoms with Gasteiger partial charge in [0.2, 0.25) is 0 Å². The summed E-state index contributed by atoms with van der Waals surface area (Å²) in [7, 11) is 0. The van der Waals surface area contributed by atoms with Gasteiger partial charge in [0.05, 0.1) is 6.61 Å². The van der Waals surface area contributed by atoms with Crippen molar-refractivity contribution in [3.05, 3.63) is 29.8 Å². The summed E-state index contributed by atoms with van der Waals surface area (Å²) in [6.45, 7) is 4.64. The number of para-hydroxylation sites is 1. The Balaban J connectivity index is 2.52. The van der Waals surface area contributed by atoms with Crippen LogP contribution in [0.1, 0.15) is 43.5 Å². The Morgan fingerprint density at radius 2 is 2.06 bits per heavy atom. The van der Waals surface area contributed by atoms with Crippen LogP contribution in [0.3, 0.4) is 0 Å². The lowest BCUT2D eigenvalue weighted by molar-refractivity contribution is 0.0426. The molecule has 0 bridgehead atoms. The largest absolute Gasteiger partial charge is 0.507 e. The maximum absolute atomic E-state index is 11.7. The number of phenols is 1. The standard InChI is InChI=1S/C14H20O3/c1-3-7-11(4-2)10-17-14(16)12-8-5-6-9-13(12)15/h5-6,8-9,11,15H,3-4,7,10H2,1-2H3. The van der Waals surface area contributed by atoms with Crippen LogP contribution in [0.25, 0.3) is 0 Å². The second-order valence-electron chi connectivity index (χ2n) is 4.18. The van der Waals surface area contributed by atoms with Crippen molar-refractivity contribution >= 4 is 5.97 Å². The van der Waals surface area contributed by atoms with E-state index in [1.54, 1.807) is 18.2 Å². The van der Waals surface area contributed by atoms with E-state index in [2.05, 4.69) is 13.8 Å². The number of ether oxygens (including phenoxy) is 1. The van der Waals surface area contributed by atoms with Gasteiger partial charge in [-0.2, -0.15) is 0 Å². The minimum Gasteiger partial charge on any atom is -0.507 e. The van der Waals surface area contributed by atoms with Crippen molar-refractivity contribution < 1.29 is 14.6 Å². The summed E-state index contributed by atoms with van der Waals surface area (Å²) in [4.78, 5) is 11.7. The fraction of sp³-hybridized carbons (Fsp3) is 0.500. The fourth-order valence-electron chi connectivity index (χ4n) is 1.73. The van der Waals surface area contributed by atoms with Crippen LogP contribution in [0.4, 0.5) is 0 Å². The molecule has 1 rings (SSSR count). The molecule has 0 heterocycles. The molecule has 0 aliphatic rings. The highest BCUT2D eigenvalue weighted by molar-refractivity contribution is 5.92. The van der Waals surface area contributed by atoms with Gasteiger partial charge in [-0.1, -0.05) is 38.8 Å². The first-order valence-corrected chi connectivity index (χ1v) is 6.14. The van der Waals surface area contributed by atoms with E-state index in [9.17, 15) is 9.90 Å². The number of hydrogen-bond donors (Lipinski definition) is 1. The van der Waals surface area contributed by atoms with Crippen LogP contribution < -0.4 is 0 Å². The van der Waals surface area contributed by atoms with E-state index in [0.717, 1.165) is 19.3 Å². The van der Waals surface area contributed by atoms with Gasteiger partial charge in [-0.25, -0.2) is 4.79 Å². The van der Waals surface area contributed by atoms with Gasteiger partial charge in [0.25, 0.3) is 0 Å². The third-order valence-electron chi connectivity index (χ3n) is 2.85. The summed E-state index contributed by atoms with van der Waals surface area (Å²) in [6.07, 6.45) is 3.15. The Bertz CT molecular complexity index is 360. The van der Waals surface area contributed by atoms with E-state index in [1.165, 1.54) is 6.07 Å². The van der Waals surface area contributed by atoms with Crippen LogP contribution >= 0.6 is 0 Å². The average Bonchev–Trinajstić information content (AvgIpc) is 2.34. The molecule has 17 heavy (non-hydrogen) atoms. The van der Waals surface area contributed by atoms with E-state index in [1.807, 2.05) is 0 Å². The number of hydrogen-bond acceptors (Lipinski definition) is 3. The molecule has 3 nitrogen and oxygen atoms in total. The molecule has 1 unspecified atom stereocenters. The van der Waals surface area contributed by atoms with Gasteiger partial charge >= 0.3 is 5.97 Å². The minimum absolute atomic E-state index is 0.0268. The zero-order valence-electron chi connectivity index (χ0n) is 10.5. The van der Waals surface area contributed by atoms with Crippen molar-refractivity contribution in [1.82, 2.24) is 0 Å². The molecule has 0 amide bonds. The zero-order valence-corrected chi connectivity index (χ0v) is 10.5. The van der Waals surface area contributed by atoms with Crippen LogP contribution in [0.2, 0.25) is 0 Å². The Labute approximate surface area is 102 Å². The maximum atomic E-state index is 11.7. The molecule has 0 radical (unpaired) electrons. The van der Waals surface area contributed by atoms with Crippen LogP contribution in [0, 0.1) is 5.92 Å². The van der Waals surface area contributed by atoms with Crippen molar-refractivity contribution in [2.45, 2.75) is 33.1 Å². The first kappa shape index (κ1) is 13.6. The molecule has 0 aliphatic heterocycles. The third kappa shape index (κ3) is 4.10. The van der Waals surface area contributed by atoms with Crippen LogP contribution in [-0.2, 0) is 4.74 Å². The summed E-state index contributed by atoms with van der Waals surface area (Å²) in [6, 6.07) is 6.44. The highest BCUT2D eigenvalue weighted by Gasteiger charge is 2.14. The van der Waals surface area contributed by atoms with Crippen molar-refractivity contribution in [3.8, 4) is 5.75 Å². The second kappa shape index (κ2) is 6.94. The Morgan fingerprint density at radius 1 is 1.35 bits per heavy atom. The lowest BCUT2D eigenvalue weighted by atomic mass is 10.0. The van der Waals surface area contributed by atoms with Crippen molar-refractivity contribution in [1.29, 1.82) is 0 Å². The summed E-state index contributed by atoms with van der Waals surface area (Å²) in [5.41, 5.74) is 0.235. The molecular weight excluding hydrogens is 216 g/mol. The lowest BCUT2D eigenvalue weighted by Crippen LogP contribution is -2.13. The number of rotatable bonds is 6. The zero-order chi connectivity index (χ0) is 12.7. The Morgan fingerprint density at radius 3 is 2.65 bits per heavy atom. The predicted molar refractivity (Wildman–Crippen MR) is 67.1 cm³/mol. The first-order valence-electron chi connectivity index (χ1n) is 6.14. The Hall–Kier alpha value is -1.51. The van der Waals surface area contributed by atoms with E-state index in [0.29, 0.717) is 12.5 Å².